The molecule has 0 bridgehead atoms. The molecule has 0 saturated heterocycles. The second-order valence-corrected chi connectivity index (χ2v) is 3.96. The number of hydrogen-bond donors (Lipinski definition) is 1. The van der Waals surface area contributed by atoms with E-state index in [1.807, 2.05) is 25.1 Å². The highest BCUT2D eigenvalue weighted by Gasteiger charge is 2.04. The molecule has 1 unspecified atom stereocenters. The van der Waals surface area contributed by atoms with Gasteiger partial charge >= 0.3 is 0 Å². The lowest BCUT2D eigenvalue weighted by atomic mass is 10.3. The number of halogens is 1. The van der Waals surface area contributed by atoms with E-state index in [-0.39, 0.29) is 6.10 Å². The summed E-state index contributed by atoms with van der Waals surface area (Å²) in [6, 6.07) is 5.54. The van der Waals surface area contributed by atoms with Crippen LogP contribution in [0.15, 0.2) is 22.7 Å². The van der Waals surface area contributed by atoms with Gasteiger partial charge in [-0.2, -0.15) is 0 Å². The normalized spacial score (nSPS) is 12.5. The molecule has 0 aliphatic rings. The number of benzene rings is 1. The molecule has 0 saturated carbocycles. The molecule has 78 valence electrons. The predicted octanol–water partition coefficient (Wildman–Crippen LogP) is 2.44. The van der Waals surface area contributed by atoms with Crippen LogP contribution in [0.5, 0.6) is 5.75 Å². The summed E-state index contributed by atoms with van der Waals surface area (Å²) in [7, 11) is 1.65. The molecule has 0 spiro atoms. The molecule has 0 radical (unpaired) electrons. The first-order valence-corrected chi connectivity index (χ1v) is 5.13. The average molecular weight is 260 g/mol. The first kappa shape index (κ1) is 11.3. The maximum atomic E-state index is 5.75. The first-order valence-electron chi connectivity index (χ1n) is 4.34. The monoisotopic (exact) mass is 259 g/mol. The lowest BCUT2D eigenvalue weighted by Gasteiger charge is -2.12. The maximum Gasteiger partial charge on any atom is 0.142 e. The van der Waals surface area contributed by atoms with Crippen LogP contribution in [-0.2, 0) is 4.74 Å². The molecular formula is C10H14BrNO2. The SMILES string of the molecule is COC(C)COc1ccc(Br)cc1N. The van der Waals surface area contributed by atoms with E-state index in [2.05, 4.69) is 15.9 Å². The zero-order valence-electron chi connectivity index (χ0n) is 8.29. The Bertz CT molecular complexity index is 304. The summed E-state index contributed by atoms with van der Waals surface area (Å²) < 4.78 is 11.5. The van der Waals surface area contributed by atoms with Crippen molar-refractivity contribution >= 4 is 21.6 Å². The Morgan fingerprint density at radius 3 is 2.79 bits per heavy atom. The number of ether oxygens (including phenoxy) is 2. The highest BCUT2D eigenvalue weighted by molar-refractivity contribution is 9.10. The number of rotatable bonds is 4. The Balaban J connectivity index is 2.59. The molecule has 0 aliphatic carbocycles. The van der Waals surface area contributed by atoms with E-state index in [0.717, 1.165) is 4.47 Å². The zero-order valence-corrected chi connectivity index (χ0v) is 9.87. The van der Waals surface area contributed by atoms with Gasteiger partial charge in [-0.05, 0) is 25.1 Å². The minimum Gasteiger partial charge on any atom is -0.489 e. The molecule has 1 aromatic rings. The van der Waals surface area contributed by atoms with Crippen LogP contribution in [0.1, 0.15) is 6.92 Å². The summed E-state index contributed by atoms with van der Waals surface area (Å²) in [5.74, 6) is 0.692. The van der Waals surface area contributed by atoms with E-state index in [0.29, 0.717) is 18.0 Å². The Morgan fingerprint density at radius 1 is 1.50 bits per heavy atom. The molecule has 14 heavy (non-hydrogen) atoms. The van der Waals surface area contributed by atoms with Gasteiger partial charge in [0.1, 0.15) is 12.4 Å². The predicted molar refractivity (Wildman–Crippen MR) is 60.5 cm³/mol. The van der Waals surface area contributed by atoms with E-state index in [4.69, 9.17) is 15.2 Å². The van der Waals surface area contributed by atoms with Gasteiger partial charge in [0.25, 0.3) is 0 Å². The van der Waals surface area contributed by atoms with Crippen molar-refractivity contribution in [1.29, 1.82) is 0 Å². The summed E-state index contributed by atoms with van der Waals surface area (Å²) in [6.45, 7) is 2.44. The average Bonchev–Trinajstić information content (AvgIpc) is 2.16. The summed E-state index contributed by atoms with van der Waals surface area (Å²) in [5.41, 5.74) is 6.38. The Labute approximate surface area is 92.3 Å². The molecule has 4 heteroatoms. The lowest BCUT2D eigenvalue weighted by Crippen LogP contribution is -2.16. The van der Waals surface area contributed by atoms with Gasteiger partial charge in [0.15, 0.2) is 0 Å². The van der Waals surface area contributed by atoms with Gasteiger partial charge in [-0.15, -0.1) is 0 Å². The van der Waals surface area contributed by atoms with Crippen LogP contribution < -0.4 is 10.5 Å². The number of hydrogen-bond acceptors (Lipinski definition) is 3. The molecule has 0 aromatic heterocycles. The molecule has 0 heterocycles. The lowest BCUT2D eigenvalue weighted by molar-refractivity contribution is 0.0719. The van der Waals surface area contributed by atoms with E-state index in [1.165, 1.54) is 0 Å². The third kappa shape index (κ3) is 3.20. The van der Waals surface area contributed by atoms with Crippen LogP contribution in [0, 0.1) is 0 Å². The highest BCUT2D eigenvalue weighted by Crippen LogP contribution is 2.25. The molecule has 1 rings (SSSR count). The molecule has 0 fully saturated rings. The van der Waals surface area contributed by atoms with Crippen LogP contribution in [0.4, 0.5) is 5.69 Å². The first-order chi connectivity index (χ1) is 6.63. The molecular weight excluding hydrogens is 246 g/mol. The standard InChI is InChI=1S/C10H14BrNO2/c1-7(13-2)6-14-10-4-3-8(11)5-9(10)12/h3-5,7H,6,12H2,1-2H3. The van der Waals surface area contributed by atoms with Gasteiger partial charge in [0.2, 0.25) is 0 Å². The molecule has 0 aliphatic heterocycles. The fourth-order valence-corrected chi connectivity index (χ4v) is 1.30. The van der Waals surface area contributed by atoms with Crippen LogP contribution in [0.2, 0.25) is 0 Å². The fourth-order valence-electron chi connectivity index (χ4n) is 0.926. The van der Waals surface area contributed by atoms with E-state index in [1.54, 1.807) is 7.11 Å². The van der Waals surface area contributed by atoms with Crippen LogP contribution in [0.3, 0.4) is 0 Å². The number of nitrogen functional groups attached to an aromatic ring is 1. The molecule has 0 amide bonds. The Kier molecular flexibility index (Phi) is 4.22. The molecule has 2 N–H and O–H groups in total. The van der Waals surface area contributed by atoms with Gasteiger partial charge in [-0.1, -0.05) is 15.9 Å². The summed E-state index contributed by atoms with van der Waals surface area (Å²) in [4.78, 5) is 0. The second kappa shape index (κ2) is 5.22. The van der Waals surface area contributed by atoms with Gasteiger partial charge in [0.05, 0.1) is 11.8 Å². The third-order valence-corrected chi connectivity index (χ3v) is 2.34. The summed E-state index contributed by atoms with van der Waals surface area (Å²) in [6.07, 6.45) is 0.0676. The van der Waals surface area contributed by atoms with Crippen LogP contribution in [0.25, 0.3) is 0 Å². The van der Waals surface area contributed by atoms with Crippen LogP contribution >= 0.6 is 15.9 Å². The van der Waals surface area contributed by atoms with Gasteiger partial charge in [0, 0.05) is 11.6 Å². The van der Waals surface area contributed by atoms with Crippen molar-refractivity contribution in [1.82, 2.24) is 0 Å². The Morgan fingerprint density at radius 2 is 2.21 bits per heavy atom. The van der Waals surface area contributed by atoms with E-state index < -0.39 is 0 Å². The van der Waals surface area contributed by atoms with Gasteiger partial charge in [-0.3, -0.25) is 0 Å². The van der Waals surface area contributed by atoms with Crippen molar-refractivity contribution in [2.75, 3.05) is 19.5 Å². The van der Waals surface area contributed by atoms with Gasteiger partial charge < -0.3 is 15.2 Å². The minimum absolute atomic E-state index is 0.0676. The zero-order chi connectivity index (χ0) is 10.6. The fraction of sp³-hybridized carbons (Fsp3) is 0.400. The van der Waals surface area contributed by atoms with Crippen molar-refractivity contribution in [3.8, 4) is 5.75 Å². The number of nitrogens with two attached hydrogens (primary N) is 1. The van der Waals surface area contributed by atoms with Crippen LogP contribution in [-0.4, -0.2) is 19.8 Å². The maximum absolute atomic E-state index is 5.75. The molecule has 1 atom stereocenters. The minimum atomic E-state index is 0.0676. The van der Waals surface area contributed by atoms with Crippen molar-refractivity contribution in [3.05, 3.63) is 22.7 Å². The second-order valence-electron chi connectivity index (χ2n) is 3.04. The highest BCUT2D eigenvalue weighted by atomic mass is 79.9. The van der Waals surface area contributed by atoms with E-state index >= 15 is 0 Å². The van der Waals surface area contributed by atoms with E-state index in [9.17, 15) is 0 Å². The van der Waals surface area contributed by atoms with Crippen molar-refractivity contribution in [2.24, 2.45) is 0 Å². The topological polar surface area (TPSA) is 44.5 Å². The number of anilines is 1. The van der Waals surface area contributed by atoms with Gasteiger partial charge in [-0.25, -0.2) is 0 Å². The Hall–Kier alpha value is -0.740. The molecule has 1 aromatic carbocycles. The summed E-state index contributed by atoms with van der Waals surface area (Å²) in [5, 5.41) is 0. The van der Waals surface area contributed by atoms with Crippen molar-refractivity contribution < 1.29 is 9.47 Å². The van der Waals surface area contributed by atoms with Crippen molar-refractivity contribution in [2.45, 2.75) is 13.0 Å². The third-order valence-electron chi connectivity index (χ3n) is 1.85. The molecule has 3 nitrogen and oxygen atoms in total. The summed E-state index contributed by atoms with van der Waals surface area (Å²) >= 11 is 3.33. The van der Waals surface area contributed by atoms with Crippen molar-refractivity contribution in [3.63, 3.8) is 0 Å². The smallest absolute Gasteiger partial charge is 0.142 e. The largest absolute Gasteiger partial charge is 0.489 e. The quantitative estimate of drug-likeness (QED) is 0.845. The number of methoxy groups -OCH3 is 1.